The molecular formula is C16H22ClNO4. The van der Waals surface area contributed by atoms with Crippen molar-refractivity contribution in [2.45, 2.75) is 32.9 Å². The van der Waals surface area contributed by atoms with Crippen LogP contribution in [0.3, 0.4) is 0 Å². The number of amides is 1. The molecule has 0 heterocycles. The lowest BCUT2D eigenvalue weighted by Gasteiger charge is -2.26. The number of nitrogens with zero attached hydrogens (tertiary/aromatic N) is 1. The predicted octanol–water partition coefficient (Wildman–Crippen LogP) is 3.21. The molecule has 1 aromatic carbocycles. The van der Waals surface area contributed by atoms with Gasteiger partial charge in [0.15, 0.2) is 0 Å². The highest BCUT2D eigenvalue weighted by atomic mass is 35.5. The van der Waals surface area contributed by atoms with Gasteiger partial charge in [0.25, 0.3) is 0 Å². The molecule has 5 nitrogen and oxygen atoms in total. The van der Waals surface area contributed by atoms with Crippen molar-refractivity contribution in [3.63, 3.8) is 0 Å². The molecule has 0 N–H and O–H groups in total. The van der Waals surface area contributed by atoms with Crippen molar-refractivity contribution in [2.75, 3.05) is 19.0 Å². The lowest BCUT2D eigenvalue weighted by atomic mass is 10.2. The molecule has 1 aromatic rings. The molecule has 0 radical (unpaired) electrons. The van der Waals surface area contributed by atoms with Gasteiger partial charge in [0, 0.05) is 12.4 Å². The molecule has 0 saturated carbocycles. The van der Waals surface area contributed by atoms with Crippen LogP contribution in [0.25, 0.3) is 0 Å². The summed E-state index contributed by atoms with van der Waals surface area (Å²) >= 11 is 5.67. The van der Waals surface area contributed by atoms with E-state index in [1.54, 1.807) is 13.8 Å². The van der Waals surface area contributed by atoms with E-state index in [4.69, 9.17) is 21.1 Å². The minimum atomic E-state index is -0.702. The Morgan fingerprint density at radius 3 is 2.50 bits per heavy atom. The molecule has 0 spiro atoms. The monoisotopic (exact) mass is 327 g/mol. The maximum absolute atomic E-state index is 12.2. The lowest BCUT2D eigenvalue weighted by molar-refractivity contribution is -0.148. The van der Waals surface area contributed by atoms with Crippen LogP contribution in [0.2, 0.25) is 0 Å². The van der Waals surface area contributed by atoms with Crippen molar-refractivity contribution in [3.8, 4) is 0 Å². The van der Waals surface area contributed by atoms with E-state index >= 15 is 0 Å². The maximum Gasteiger partial charge on any atom is 0.410 e. The van der Waals surface area contributed by atoms with Crippen molar-refractivity contribution < 1.29 is 19.1 Å². The van der Waals surface area contributed by atoms with Crippen molar-refractivity contribution in [2.24, 2.45) is 0 Å². The maximum atomic E-state index is 12.2. The minimum absolute atomic E-state index is 0.159. The van der Waals surface area contributed by atoms with E-state index in [1.807, 2.05) is 30.3 Å². The van der Waals surface area contributed by atoms with Gasteiger partial charge >= 0.3 is 12.1 Å². The Hall–Kier alpha value is -1.75. The van der Waals surface area contributed by atoms with E-state index in [0.29, 0.717) is 18.8 Å². The molecular weight excluding hydrogens is 306 g/mol. The number of carbonyl (C=O) groups excluding carboxylic acids is 2. The highest BCUT2D eigenvalue weighted by molar-refractivity contribution is 6.17. The molecule has 6 heteroatoms. The molecule has 1 amide bonds. The molecule has 0 unspecified atom stereocenters. The normalized spacial score (nSPS) is 11.6. The molecule has 1 rings (SSSR count). The number of alkyl halides is 1. The fourth-order valence-corrected chi connectivity index (χ4v) is 1.98. The van der Waals surface area contributed by atoms with Crippen molar-refractivity contribution >= 4 is 23.7 Å². The quantitative estimate of drug-likeness (QED) is 0.543. The highest BCUT2D eigenvalue weighted by Crippen LogP contribution is 2.09. The van der Waals surface area contributed by atoms with E-state index in [1.165, 1.54) is 4.90 Å². The van der Waals surface area contributed by atoms with E-state index in [0.717, 1.165) is 5.56 Å². The molecule has 0 aliphatic heterocycles. The Kier molecular flexibility index (Phi) is 8.36. The Balaban J connectivity index is 2.64. The van der Waals surface area contributed by atoms with Gasteiger partial charge in [0.1, 0.15) is 12.6 Å². The number of carbonyl (C=O) groups is 2. The Morgan fingerprint density at radius 1 is 1.23 bits per heavy atom. The Labute approximate surface area is 136 Å². The topological polar surface area (TPSA) is 55.8 Å². The van der Waals surface area contributed by atoms with Gasteiger partial charge in [-0.15, -0.1) is 11.6 Å². The highest BCUT2D eigenvalue weighted by Gasteiger charge is 2.27. The second-order valence-electron chi connectivity index (χ2n) is 4.70. The fraction of sp³-hybridized carbons (Fsp3) is 0.500. The summed E-state index contributed by atoms with van der Waals surface area (Å²) in [5, 5.41) is 0. The van der Waals surface area contributed by atoms with Crippen LogP contribution in [0.1, 0.15) is 25.8 Å². The van der Waals surface area contributed by atoms with E-state index in [9.17, 15) is 9.59 Å². The summed E-state index contributed by atoms with van der Waals surface area (Å²) in [6.45, 7) is 4.12. The first-order valence-corrected chi connectivity index (χ1v) is 7.83. The van der Waals surface area contributed by atoms with E-state index in [2.05, 4.69) is 0 Å². The molecule has 22 heavy (non-hydrogen) atoms. The first-order valence-electron chi connectivity index (χ1n) is 7.30. The van der Waals surface area contributed by atoms with Crippen LogP contribution < -0.4 is 0 Å². The molecule has 1 atom stereocenters. The van der Waals surface area contributed by atoms with Crippen molar-refractivity contribution in [1.82, 2.24) is 4.90 Å². The zero-order chi connectivity index (χ0) is 16.4. The van der Waals surface area contributed by atoms with Gasteiger partial charge in [-0.05, 0) is 25.8 Å². The van der Waals surface area contributed by atoms with Crippen LogP contribution in [0, 0.1) is 0 Å². The van der Waals surface area contributed by atoms with Crippen molar-refractivity contribution in [3.05, 3.63) is 35.9 Å². The molecule has 122 valence electrons. The number of ether oxygens (including phenoxy) is 2. The number of rotatable bonds is 8. The smallest absolute Gasteiger partial charge is 0.410 e. The van der Waals surface area contributed by atoms with Gasteiger partial charge in [-0.25, -0.2) is 9.59 Å². The standard InChI is InChI=1S/C16H22ClNO4/c1-3-21-15(19)13(2)18(11-7-10-17)16(20)22-12-14-8-5-4-6-9-14/h4-6,8-9,13H,3,7,10-12H2,1-2H3/t13-/m1/s1. The molecule has 0 aromatic heterocycles. The van der Waals surface area contributed by atoms with Gasteiger partial charge in [-0.3, -0.25) is 4.90 Å². The summed E-state index contributed by atoms with van der Waals surface area (Å²) in [5.41, 5.74) is 0.886. The number of hydrogen-bond acceptors (Lipinski definition) is 4. The first kappa shape index (κ1) is 18.3. The number of hydrogen-bond donors (Lipinski definition) is 0. The molecule has 0 aliphatic carbocycles. The lowest BCUT2D eigenvalue weighted by Crippen LogP contribution is -2.45. The van der Waals surface area contributed by atoms with Crippen LogP contribution in [0.4, 0.5) is 4.79 Å². The largest absolute Gasteiger partial charge is 0.464 e. The summed E-state index contributed by atoms with van der Waals surface area (Å²) in [6.07, 6.45) is 0.0284. The van der Waals surface area contributed by atoms with Crippen LogP contribution >= 0.6 is 11.6 Å². The van der Waals surface area contributed by atoms with Crippen LogP contribution in [0.5, 0.6) is 0 Å². The Bertz CT molecular complexity index is 466. The SMILES string of the molecule is CCOC(=O)[C@@H](C)N(CCCCl)C(=O)OCc1ccccc1. The van der Waals surface area contributed by atoms with Crippen LogP contribution in [0.15, 0.2) is 30.3 Å². The van der Waals surface area contributed by atoms with Gasteiger partial charge < -0.3 is 9.47 Å². The van der Waals surface area contributed by atoms with E-state index < -0.39 is 18.1 Å². The van der Waals surface area contributed by atoms with Crippen LogP contribution in [-0.4, -0.2) is 42.0 Å². The molecule has 0 saturated heterocycles. The number of halogens is 1. The average Bonchev–Trinajstić information content (AvgIpc) is 2.54. The van der Waals surface area contributed by atoms with Crippen molar-refractivity contribution in [1.29, 1.82) is 0 Å². The third kappa shape index (κ3) is 5.93. The minimum Gasteiger partial charge on any atom is -0.464 e. The zero-order valence-electron chi connectivity index (χ0n) is 13.0. The average molecular weight is 328 g/mol. The third-order valence-corrected chi connectivity index (χ3v) is 3.33. The Morgan fingerprint density at radius 2 is 1.91 bits per heavy atom. The zero-order valence-corrected chi connectivity index (χ0v) is 13.7. The summed E-state index contributed by atoms with van der Waals surface area (Å²) in [7, 11) is 0. The fourth-order valence-electron chi connectivity index (χ4n) is 1.87. The third-order valence-electron chi connectivity index (χ3n) is 3.07. The van der Waals surface area contributed by atoms with Gasteiger partial charge in [-0.1, -0.05) is 30.3 Å². The second kappa shape index (κ2) is 10.1. The van der Waals surface area contributed by atoms with Gasteiger partial charge in [0.05, 0.1) is 6.61 Å². The molecule has 0 bridgehead atoms. The van der Waals surface area contributed by atoms with Crippen LogP contribution in [-0.2, 0) is 20.9 Å². The van der Waals surface area contributed by atoms with E-state index in [-0.39, 0.29) is 13.2 Å². The molecule has 0 fully saturated rings. The number of esters is 1. The summed E-state index contributed by atoms with van der Waals surface area (Å²) in [4.78, 5) is 25.4. The van der Waals surface area contributed by atoms with Gasteiger partial charge in [0.2, 0.25) is 0 Å². The van der Waals surface area contributed by atoms with Gasteiger partial charge in [-0.2, -0.15) is 0 Å². The second-order valence-corrected chi connectivity index (χ2v) is 5.08. The summed E-state index contributed by atoms with van der Waals surface area (Å²) in [6, 6.07) is 8.66. The number of benzene rings is 1. The predicted molar refractivity (Wildman–Crippen MR) is 84.8 cm³/mol. The summed E-state index contributed by atoms with van der Waals surface area (Å²) < 4.78 is 10.2. The summed E-state index contributed by atoms with van der Waals surface area (Å²) in [5.74, 6) is -0.0494. The molecule has 0 aliphatic rings. The first-order chi connectivity index (χ1) is 10.6.